The molecule has 17 nitrogen and oxygen atoms in total. The maximum atomic E-state index is 13.0. The van der Waals surface area contributed by atoms with Crippen molar-refractivity contribution in [2.75, 3.05) is 39.6 Å². The van der Waals surface area contributed by atoms with Crippen molar-refractivity contribution < 1.29 is 80.2 Å². The summed E-state index contributed by atoms with van der Waals surface area (Å²) < 4.78 is 68.0. The van der Waals surface area contributed by atoms with E-state index in [-0.39, 0.29) is 25.7 Å². The van der Waals surface area contributed by atoms with Crippen LogP contribution in [0.2, 0.25) is 0 Å². The summed E-state index contributed by atoms with van der Waals surface area (Å²) in [6.45, 7) is 13.9. The highest BCUT2D eigenvalue weighted by Crippen LogP contribution is 2.45. The minimum Gasteiger partial charge on any atom is -0.462 e. The first-order valence-corrected chi connectivity index (χ1v) is 36.7. The lowest BCUT2D eigenvalue weighted by Crippen LogP contribution is -2.30. The Bertz CT molecular complexity index is 1680. The van der Waals surface area contributed by atoms with Crippen LogP contribution < -0.4 is 0 Å². The van der Waals surface area contributed by atoms with Crippen LogP contribution in [0.25, 0.3) is 0 Å². The fourth-order valence-corrected chi connectivity index (χ4v) is 11.2. The number of rotatable bonds is 62. The van der Waals surface area contributed by atoms with Crippen molar-refractivity contribution in [3.8, 4) is 0 Å². The molecule has 0 aliphatic heterocycles. The molecule has 6 atom stereocenters. The molecular formula is C65H126O17P2. The molecule has 0 aliphatic carbocycles. The fraction of sp³-hybridized carbons (Fsp3) is 0.938. The van der Waals surface area contributed by atoms with Gasteiger partial charge < -0.3 is 33.8 Å². The highest BCUT2D eigenvalue weighted by Gasteiger charge is 2.30. The number of unbranched alkanes of at least 4 members (excludes halogenated alkanes) is 27. The number of carbonyl (C=O) groups is 4. The molecule has 0 aromatic carbocycles. The standard InChI is InChI=1S/C65H126O17P2/c1-9-58(8)44-36-28-19-14-15-21-32-40-48-65(70)82-61(52-76-63(68)46-38-30-24-23-27-35-43-57(6)7)54-80-84(73,74)78-50-59(66)49-77-83(71,72)79-53-60(51-75-62(67)45-37-29-22-16-18-26-34-42-56(4)5)81-64(69)47-39-31-20-13-11-10-12-17-25-33-41-55(2)3/h55-61,66H,9-54H2,1-8H3,(H,71,72)(H,73,74)/t58?,59-,60-,61-/m1/s1. The molecule has 498 valence electrons. The molecule has 0 saturated carbocycles. The number of ether oxygens (including phenoxy) is 4. The molecule has 3 N–H and O–H groups in total. The minimum absolute atomic E-state index is 0.103. The van der Waals surface area contributed by atoms with Gasteiger partial charge in [0.2, 0.25) is 0 Å². The normalized spacial score (nSPS) is 14.7. The second kappa shape index (κ2) is 55.2. The molecule has 0 aliphatic rings. The Morgan fingerprint density at radius 1 is 0.333 bits per heavy atom. The lowest BCUT2D eigenvalue weighted by molar-refractivity contribution is -0.161. The molecule has 0 aromatic heterocycles. The lowest BCUT2D eigenvalue weighted by Gasteiger charge is -2.21. The van der Waals surface area contributed by atoms with Gasteiger partial charge in [-0.3, -0.25) is 37.3 Å². The van der Waals surface area contributed by atoms with Crippen LogP contribution in [-0.4, -0.2) is 96.7 Å². The third-order valence-electron chi connectivity index (χ3n) is 15.2. The van der Waals surface area contributed by atoms with Crippen LogP contribution in [0.15, 0.2) is 0 Å². The smallest absolute Gasteiger partial charge is 0.462 e. The summed E-state index contributed by atoms with van der Waals surface area (Å²) >= 11 is 0. The van der Waals surface area contributed by atoms with Gasteiger partial charge in [-0.05, 0) is 49.4 Å². The average molecular weight is 1240 g/mol. The Hall–Kier alpha value is -1.94. The van der Waals surface area contributed by atoms with E-state index in [0.29, 0.717) is 37.5 Å². The zero-order valence-electron chi connectivity index (χ0n) is 54.5. The van der Waals surface area contributed by atoms with Crippen molar-refractivity contribution in [3.05, 3.63) is 0 Å². The van der Waals surface area contributed by atoms with E-state index in [9.17, 15) is 43.2 Å². The first-order chi connectivity index (χ1) is 40.1. The van der Waals surface area contributed by atoms with Gasteiger partial charge in [0.1, 0.15) is 19.3 Å². The summed E-state index contributed by atoms with van der Waals surface area (Å²) in [5.41, 5.74) is 0. The van der Waals surface area contributed by atoms with Gasteiger partial charge in [0.25, 0.3) is 0 Å². The minimum atomic E-state index is -4.95. The van der Waals surface area contributed by atoms with Crippen molar-refractivity contribution in [2.24, 2.45) is 23.7 Å². The van der Waals surface area contributed by atoms with Crippen molar-refractivity contribution in [2.45, 2.75) is 331 Å². The van der Waals surface area contributed by atoms with Crippen LogP contribution in [-0.2, 0) is 65.4 Å². The molecule has 0 fully saturated rings. The molecule has 0 bridgehead atoms. The SMILES string of the molecule is CCC(C)CCCCCCCCCCC(=O)O[C@H](COC(=O)CCCCCCCCC(C)C)COP(=O)(O)OC[C@H](O)COP(=O)(O)OC[C@@H](COC(=O)CCCCCCCCCC(C)C)OC(=O)CCCCCCCCCCCCC(C)C. The van der Waals surface area contributed by atoms with Gasteiger partial charge in [0.15, 0.2) is 12.2 Å². The monoisotopic (exact) mass is 1240 g/mol. The Labute approximate surface area is 511 Å². The third kappa shape index (κ3) is 57.8. The Balaban J connectivity index is 5.26. The van der Waals surface area contributed by atoms with E-state index < -0.39 is 97.5 Å². The average Bonchev–Trinajstić information content (AvgIpc) is 3.46. The number of carbonyl (C=O) groups excluding carboxylic acids is 4. The Kier molecular flexibility index (Phi) is 53.9. The molecule has 0 spiro atoms. The first-order valence-electron chi connectivity index (χ1n) is 33.7. The largest absolute Gasteiger partial charge is 0.472 e. The molecule has 0 aromatic rings. The van der Waals surface area contributed by atoms with E-state index in [0.717, 1.165) is 115 Å². The first kappa shape index (κ1) is 82.1. The van der Waals surface area contributed by atoms with Crippen molar-refractivity contribution in [1.29, 1.82) is 0 Å². The van der Waals surface area contributed by atoms with Crippen molar-refractivity contribution in [3.63, 3.8) is 0 Å². The van der Waals surface area contributed by atoms with E-state index in [1.54, 1.807) is 0 Å². The summed E-state index contributed by atoms with van der Waals surface area (Å²) in [5.74, 6) is 0.766. The number of hydrogen-bond acceptors (Lipinski definition) is 15. The molecule has 0 saturated heterocycles. The summed E-state index contributed by atoms with van der Waals surface area (Å²) in [5, 5.41) is 10.5. The van der Waals surface area contributed by atoms with Crippen molar-refractivity contribution >= 4 is 39.5 Å². The van der Waals surface area contributed by atoms with Crippen molar-refractivity contribution in [1.82, 2.24) is 0 Å². The number of esters is 4. The quantitative estimate of drug-likeness (QED) is 0.0222. The van der Waals surface area contributed by atoms with E-state index in [2.05, 4.69) is 55.4 Å². The summed E-state index contributed by atoms with van der Waals surface area (Å²) in [6, 6.07) is 0. The second-order valence-corrected chi connectivity index (χ2v) is 28.1. The van der Waals surface area contributed by atoms with E-state index in [1.165, 1.54) is 103 Å². The zero-order chi connectivity index (χ0) is 62.5. The molecule has 0 rings (SSSR count). The van der Waals surface area contributed by atoms with E-state index in [1.807, 2.05) is 0 Å². The van der Waals surface area contributed by atoms with E-state index in [4.69, 9.17) is 37.0 Å². The van der Waals surface area contributed by atoms with Gasteiger partial charge in [-0.1, -0.05) is 261 Å². The van der Waals surface area contributed by atoms with Gasteiger partial charge >= 0.3 is 39.5 Å². The molecule has 84 heavy (non-hydrogen) atoms. The fourth-order valence-electron chi connectivity index (χ4n) is 9.57. The van der Waals surface area contributed by atoms with Gasteiger partial charge in [-0.2, -0.15) is 0 Å². The zero-order valence-corrected chi connectivity index (χ0v) is 56.3. The topological polar surface area (TPSA) is 237 Å². The Morgan fingerprint density at radius 2 is 0.571 bits per heavy atom. The maximum absolute atomic E-state index is 13.0. The number of hydrogen-bond donors (Lipinski definition) is 3. The van der Waals surface area contributed by atoms with Gasteiger partial charge in [-0.15, -0.1) is 0 Å². The lowest BCUT2D eigenvalue weighted by atomic mass is 9.99. The highest BCUT2D eigenvalue weighted by molar-refractivity contribution is 7.47. The second-order valence-electron chi connectivity index (χ2n) is 25.2. The van der Waals surface area contributed by atoms with Crippen LogP contribution in [0.3, 0.4) is 0 Å². The molecule has 3 unspecified atom stereocenters. The van der Waals surface area contributed by atoms with E-state index >= 15 is 0 Å². The van der Waals surface area contributed by atoms with Gasteiger partial charge in [-0.25, -0.2) is 9.13 Å². The molecular weight excluding hydrogens is 1110 g/mol. The number of phosphoric acid groups is 2. The third-order valence-corrected chi connectivity index (χ3v) is 17.1. The predicted molar refractivity (Wildman–Crippen MR) is 335 cm³/mol. The summed E-state index contributed by atoms with van der Waals surface area (Å²) in [4.78, 5) is 72.2. The molecule has 0 radical (unpaired) electrons. The van der Waals surface area contributed by atoms with Crippen LogP contribution in [0, 0.1) is 23.7 Å². The maximum Gasteiger partial charge on any atom is 0.472 e. The van der Waals surface area contributed by atoms with Gasteiger partial charge in [0.05, 0.1) is 26.4 Å². The molecule has 0 amide bonds. The van der Waals surface area contributed by atoms with Crippen LogP contribution in [0.1, 0.15) is 312 Å². The van der Waals surface area contributed by atoms with Crippen LogP contribution in [0.4, 0.5) is 0 Å². The van der Waals surface area contributed by atoms with Crippen LogP contribution >= 0.6 is 15.6 Å². The summed E-state index contributed by atoms with van der Waals surface area (Å²) in [6.07, 6.45) is 35.0. The Morgan fingerprint density at radius 3 is 0.845 bits per heavy atom. The molecule has 0 heterocycles. The number of phosphoric ester groups is 2. The van der Waals surface area contributed by atoms with Gasteiger partial charge in [0, 0.05) is 25.7 Å². The number of aliphatic hydroxyl groups excluding tert-OH is 1. The van der Waals surface area contributed by atoms with Crippen LogP contribution in [0.5, 0.6) is 0 Å². The molecule has 19 heteroatoms. The number of aliphatic hydroxyl groups is 1. The summed E-state index contributed by atoms with van der Waals surface area (Å²) in [7, 11) is -9.89. The predicted octanol–water partition coefficient (Wildman–Crippen LogP) is 17.8. The highest BCUT2D eigenvalue weighted by atomic mass is 31.2.